The highest BCUT2D eigenvalue weighted by Crippen LogP contribution is 2.27. The van der Waals surface area contributed by atoms with E-state index in [0.717, 1.165) is 12.1 Å². The van der Waals surface area contributed by atoms with Crippen molar-refractivity contribution in [2.45, 2.75) is 12.5 Å². The van der Waals surface area contributed by atoms with Crippen LogP contribution in [0.4, 0.5) is 10.1 Å². The molecule has 1 atom stereocenters. The van der Waals surface area contributed by atoms with Gasteiger partial charge in [-0.2, -0.15) is 0 Å². The summed E-state index contributed by atoms with van der Waals surface area (Å²) in [5.41, 5.74) is 8.52. The summed E-state index contributed by atoms with van der Waals surface area (Å²) in [6, 6.07) is 2.80. The van der Waals surface area contributed by atoms with Crippen LogP contribution in [0.3, 0.4) is 0 Å². The number of nitrogens with zero attached hydrogens (tertiary/aromatic N) is 1. The number of benzene rings is 1. The average Bonchev–Trinajstić information content (AvgIpc) is 2.27. The fourth-order valence-electron chi connectivity index (χ4n) is 1.05. The lowest BCUT2D eigenvalue weighted by molar-refractivity contribution is -0.386. The third-order valence-electron chi connectivity index (χ3n) is 2.21. The number of nitrogens with two attached hydrogens (primary N) is 2. The van der Waals surface area contributed by atoms with Gasteiger partial charge in [0.05, 0.1) is 11.0 Å². The van der Waals surface area contributed by atoms with E-state index in [1.54, 1.807) is 0 Å². The van der Waals surface area contributed by atoms with E-state index in [-0.39, 0.29) is 12.4 Å². The molecule has 0 aromatic heterocycles. The van der Waals surface area contributed by atoms with Gasteiger partial charge in [-0.15, -0.1) is 0 Å². The molecule has 0 aliphatic heterocycles. The van der Waals surface area contributed by atoms with Crippen molar-refractivity contribution in [2.24, 2.45) is 11.5 Å². The number of amides is 1. The number of carbonyl (C=O) groups excluding carboxylic acids is 1. The minimum atomic E-state index is -1.47. The number of ether oxygens (including phenoxy) is 1. The van der Waals surface area contributed by atoms with Gasteiger partial charge in [0.15, 0.2) is 5.75 Å². The molecule has 0 aliphatic carbocycles. The number of hydrogen-bond acceptors (Lipinski definition) is 5. The Morgan fingerprint density at radius 3 is 2.72 bits per heavy atom. The average molecular weight is 257 g/mol. The predicted octanol–water partition coefficient (Wildman–Crippen LogP) is 0.315. The highest BCUT2D eigenvalue weighted by atomic mass is 19.1. The SMILES string of the molecule is CC(N)(COc1ccc(F)cc1[N+](=O)[O-])C(N)=O. The van der Waals surface area contributed by atoms with Gasteiger partial charge in [-0.25, -0.2) is 4.39 Å². The summed E-state index contributed by atoms with van der Waals surface area (Å²) < 4.78 is 17.9. The number of hydrogen-bond donors (Lipinski definition) is 2. The molecular weight excluding hydrogens is 245 g/mol. The van der Waals surface area contributed by atoms with Crippen molar-refractivity contribution >= 4 is 11.6 Å². The van der Waals surface area contributed by atoms with E-state index in [1.165, 1.54) is 6.92 Å². The van der Waals surface area contributed by atoms with Crippen molar-refractivity contribution in [2.75, 3.05) is 6.61 Å². The van der Waals surface area contributed by atoms with E-state index >= 15 is 0 Å². The van der Waals surface area contributed by atoms with Crippen molar-refractivity contribution in [3.8, 4) is 5.75 Å². The van der Waals surface area contributed by atoms with Crippen LogP contribution in [0.2, 0.25) is 0 Å². The van der Waals surface area contributed by atoms with Crippen LogP contribution >= 0.6 is 0 Å². The van der Waals surface area contributed by atoms with Gasteiger partial charge >= 0.3 is 5.69 Å². The first kappa shape index (κ1) is 13.8. The quantitative estimate of drug-likeness (QED) is 0.580. The summed E-state index contributed by atoms with van der Waals surface area (Å²) in [5, 5.41) is 10.7. The Morgan fingerprint density at radius 1 is 1.61 bits per heavy atom. The van der Waals surface area contributed by atoms with Gasteiger partial charge in [-0.05, 0) is 19.1 Å². The Morgan fingerprint density at radius 2 is 2.22 bits per heavy atom. The van der Waals surface area contributed by atoms with E-state index in [2.05, 4.69) is 0 Å². The minimum absolute atomic E-state index is 0.181. The van der Waals surface area contributed by atoms with Gasteiger partial charge in [0.1, 0.15) is 18.0 Å². The van der Waals surface area contributed by atoms with Crippen LogP contribution in [-0.2, 0) is 4.79 Å². The minimum Gasteiger partial charge on any atom is -0.484 e. The topological polar surface area (TPSA) is 121 Å². The van der Waals surface area contributed by atoms with Crippen molar-refractivity contribution in [3.05, 3.63) is 34.1 Å². The van der Waals surface area contributed by atoms with Crippen LogP contribution in [0.25, 0.3) is 0 Å². The standard InChI is InChI=1S/C10H12FN3O4/c1-10(13,9(12)15)5-18-8-3-2-6(11)4-7(8)14(16)17/h2-4H,5,13H2,1H3,(H2,12,15). The van der Waals surface area contributed by atoms with Crippen LogP contribution in [0.5, 0.6) is 5.75 Å². The Bertz CT molecular complexity index is 490. The first-order chi connectivity index (χ1) is 8.24. The van der Waals surface area contributed by atoms with E-state index < -0.39 is 27.9 Å². The molecule has 1 aromatic rings. The highest BCUT2D eigenvalue weighted by Gasteiger charge is 2.28. The smallest absolute Gasteiger partial charge is 0.313 e. The first-order valence-electron chi connectivity index (χ1n) is 4.89. The Labute approximate surface area is 102 Å². The normalized spacial score (nSPS) is 13.7. The molecule has 98 valence electrons. The Balaban J connectivity index is 2.92. The highest BCUT2D eigenvalue weighted by molar-refractivity contribution is 5.84. The van der Waals surface area contributed by atoms with Crippen LogP contribution in [0.15, 0.2) is 18.2 Å². The van der Waals surface area contributed by atoms with Crippen LogP contribution < -0.4 is 16.2 Å². The summed E-state index contributed by atoms with van der Waals surface area (Å²) in [6.07, 6.45) is 0. The number of halogens is 1. The second-order valence-corrected chi connectivity index (χ2v) is 3.94. The Kier molecular flexibility index (Phi) is 3.82. The van der Waals surface area contributed by atoms with Crippen molar-refractivity contribution in [1.82, 2.24) is 0 Å². The molecule has 8 heteroatoms. The van der Waals surface area contributed by atoms with Gasteiger partial charge in [-0.3, -0.25) is 14.9 Å². The fourth-order valence-corrected chi connectivity index (χ4v) is 1.05. The maximum Gasteiger partial charge on any atom is 0.313 e. The molecule has 0 saturated heterocycles. The van der Waals surface area contributed by atoms with E-state index in [0.29, 0.717) is 6.07 Å². The van der Waals surface area contributed by atoms with Gasteiger partial charge in [-0.1, -0.05) is 0 Å². The Hall–Kier alpha value is -2.22. The van der Waals surface area contributed by atoms with E-state index in [1.807, 2.05) is 0 Å². The van der Waals surface area contributed by atoms with Gasteiger partial charge in [0, 0.05) is 0 Å². The molecule has 1 amide bonds. The number of nitro benzene ring substituents is 1. The molecule has 0 aliphatic rings. The summed E-state index contributed by atoms with van der Waals surface area (Å²) in [7, 11) is 0. The summed E-state index contributed by atoms with van der Waals surface area (Å²) in [6.45, 7) is 0.972. The summed E-state index contributed by atoms with van der Waals surface area (Å²) >= 11 is 0. The van der Waals surface area contributed by atoms with Gasteiger partial charge in [0.2, 0.25) is 5.91 Å². The van der Waals surface area contributed by atoms with Crippen molar-refractivity contribution in [1.29, 1.82) is 0 Å². The van der Waals surface area contributed by atoms with Gasteiger partial charge < -0.3 is 16.2 Å². The third kappa shape index (κ3) is 3.14. The largest absolute Gasteiger partial charge is 0.484 e. The second-order valence-electron chi connectivity index (χ2n) is 3.94. The fraction of sp³-hybridized carbons (Fsp3) is 0.300. The molecule has 4 N–H and O–H groups in total. The van der Waals surface area contributed by atoms with Crippen molar-refractivity contribution in [3.63, 3.8) is 0 Å². The zero-order chi connectivity index (χ0) is 13.9. The maximum absolute atomic E-state index is 12.9. The number of rotatable bonds is 5. The lowest BCUT2D eigenvalue weighted by atomic mass is 10.1. The lowest BCUT2D eigenvalue weighted by Crippen LogP contribution is -2.53. The van der Waals surface area contributed by atoms with Gasteiger partial charge in [0.25, 0.3) is 0 Å². The van der Waals surface area contributed by atoms with E-state index in [9.17, 15) is 19.3 Å². The maximum atomic E-state index is 12.9. The molecule has 0 radical (unpaired) electrons. The summed E-state index contributed by atoms with van der Waals surface area (Å²) in [4.78, 5) is 20.8. The molecule has 0 saturated carbocycles. The molecule has 18 heavy (non-hydrogen) atoms. The molecule has 0 fully saturated rings. The van der Waals surface area contributed by atoms with Crippen molar-refractivity contribution < 1.29 is 18.8 Å². The first-order valence-corrected chi connectivity index (χ1v) is 4.89. The monoisotopic (exact) mass is 257 g/mol. The zero-order valence-electron chi connectivity index (χ0n) is 9.55. The number of carbonyl (C=O) groups is 1. The molecule has 1 unspecified atom stereocenters. The molecular formula is C10H12FN3O4. The number of nitro groups is 1. The molecule has 0 heterocycles. The molecule has 0 spiro atoms. The molecule has 0 bridgehead atoms. The van der Waals surface area contributed by atoms with Crippen LogP contribution in [0.1, 0.15) is 6.92 Å². The molecule has 1 aromatic carbocycles. The van der Waals surface area contributed by atoms with Crippen LogP contribution in [-0.4, -0.2) is 23.0 Å². The third-order valence-corrected chi connectivity index (χ3v) is 2.21. The molecule has 7 nitrogen and oxygen atoms in total. The van der Waals surface area contributed by atoms with E-state index in [4.69, 9.17) is 16.2 Å². The molecule has 1 rings (SSSR count). The zero-order valence-corrected chi connectivity index (χ0v) is 9.55. The lowest BCUT2D eigenvalue weighted by Gasteiger charge is -2.20. The number of primary amides is 1. The van der Waals surface area contributed by atoms with Crippen LogP contribution in [0, 0.1) is 15.9 Å². The second kappa shape index (κ2) is 4.96. The predicted molar refractivity (Wildman–Crippen MR) is 60.3 cm³/mol. The summed E-state index contributed by atoms with van der Waals surface area (Å²) in [5.74, 6) is -1.76.